The largest absolute Gasteiger partial charge is 0.493 e. The number of nitrogens with zero attached hydrogens (tertiary/aromatic N) is 5. The van der Waals surface area contributed by atoms with Crippen LogP contribution in [-0.2, 0) is 15.9 Å². The van der Waals surface area contributed by atoms with E-state index in [4.69, 9.17) is 19.2 Å². The minimum absolute atomic E-state index is 0.0809. The molecule has 4 rings (SSSR count). The van der Waals surface area contributed by atoms with Gasteiger partial charge in [0.05, 0.1) is 31.6 Å². The molecule has 222 valence electrons. The number of hydrogen-bond acceptors (Lipinski definition) is 7. The second-order valence-electron chi connectivity index (χ2n) is 9.17. The number of carbonyl (C=O) groups is 1. The van der Waals surface area contributed by atoms with Crippen LogP contribution >= 0.6 is 38.9 Å². The lowest BCUT2D eigenvalue weighted by Gasteiger charge is -2.32. The normalized spacial score (nSPS) is 16.2. The standard InChI is InChI=1S/C27H33N5O4.Cl3OP/c1-21(30-9-6-10-31(12-11-30)27(33)32-13-15-35-16-14-32)29-24-18-25(34-2)26(17-23(24)19-28)36-20-22-7-4-3-5-8-22;1-5(2,3)4/h3-5,7-8,17-18H,6,9-16,20H2,1-2H3;. The molecule has 0 spiro atoms. The predicted molar refractivity (Wildman–Crippen MR) is 162 cm³/mol. The van der Waals surface area contributed by atoms with Gasteiger partial charge in [-0.2, -0.15) is 5.26 Å². The van der Waals surface area contributed by atoms with Crippen LogP contribution in [0.4, 0.5) is 10.5 Å². The van der Waals surface area contributed by atoms with Crippen molar-refractivity contribution < 1.29 is 23.6 Å². The first kappa shape index (κ1) is 32.8. The molecule has 0 N–H and O–H groups in total. The minimum Gasteiger partial charge on any atom is -0.493 e. The topological polar surface area (TPSA) is 108 Å². The number of rotatable bonds is 5. The summed E-state index contributed by atoms with van der Waals surface area (Å²) in [4.78, 5) is 23.6. The zero-order valence-electron chi connectivity index (χ0n) is 23.0. The van der Waals surface area contributed by atoms with Crippen molar-refractivity contribution in [2.24, 2.45) is 4.99 Å². The summed E-state index contributed by atoms with van der Waals surface area (Å²) in [6, 6.07) is 15.6. The SMILES string of the molecule is COc1cc(N=C(C)N2CCCN(C(=O)N3CCOCC3)CC2)c(C#N)cc1OCc1ccccc1.O=P(Cl)(Cl)Cl. The Hall–Kier alpha value is -2.67. The van der Waals surface area contributed by atoms with Gasteiger partial charge < -0.3 is 28.9 Å². The third-order valence-electron chi connectivity index (χ3n) is 6.43. The summed E-state index contributed by atoms with van der Waals surface area (Å²) in [5, 5.41) is 6.57. The Bertz CT molecular complexity index is 1270. The molecule has 0 aliphatic carbocycles. The molecule has 41 heavy (non-hydrogen) atoms. The molecule has 2 heterocycles. The van der Waals surface area contributed by atoms with Gasteiger partial charge in [0.15, 0.2) is 11.5 Å². The molecular formula is C27H33Cl3N5O5P. The number of benzene rings is 2. The molecule has 2 aromatic rings. The molecule has 10 nitrogen and oxygen atoms in total. The average Bonchev–Trinajstić information content (AvgIpc) is 3.22. The summed E-state index contributed by atoms with van der Waals surface area (Å²) >= 11 is 13.8. The number of amides is 2. The minimum atomic E-state index is -3.22. The van der Waals surface area contributed by atoms with E-state index >= 15 is 0 Å². The van der Waals surface area contributed by atoms with E-state index in [2.05, 4.69) is 44.7 Å². The van der Waals surface area contributed by atoms with Crippen LogP contribution in [0.5, 0.6) is 11.5 Å². The summed E-state index contributed by atoms with van der Waals surface area (Å²) in [7, 11) is 1.58. The summed E-state index contributed by atoms with van der Waals surface area (Å²) in [6.45, 7) is 7.60. The fourth-order valence-corrected chi connectivity index (χ4v) is 4.37. The van der Waals surface area contributed by atoms with Crippen LogP contribution in [0.15, 0.2) is 47.5 Å². The summed E-state index contributed by atoms with van der Waals surface area (Å²) < 4.78 is 26.4. The lowest BCUT2D eigenvalue weighted by atomic mass is 10.1. The highest BCUT2D eigenvalue weighted by Crippen LogP contribution is 2.61. The van der Waals surface area contributed by atoms with Gasteiger partial charge in [-0.25, -0.2) is 9.79 Å². The monoisotopic (exact) mass is 643 g/mol. The number of nitriles is 1. The van der Waals surface area contributed by atoms with Crippen molar-refractivity contribution in [3.8, 4) is 17.6 Å². The molecule has 0 saturated carbocycles. The second-order valence-corrected chi connectivity index (χ2v) is 15.8. The number of halogens is 3. The number of hydrogen-bond donors (Lipinski definition) is 0. The van der Waals surface area contributed by atoms with Gasteiger partial charge in [-0.05, 0) is 52.6 Å². The van der Waals surface area contributed by atoms with Gasteiger partial charge >= 0.3 is 11.2 Å². The van der Waals surface area contributed by atoms with Crippen LogP contribution < -0.4 is 9.47 Å². The molecule has 0 unspecified atom stereocenters. The molecule has 0 radical (unpaired) electrons. The van der Waals surface area contributed by atoms with Crippen LogP contribution in [0.1, 0.15) is 24.5 Å². The van der Waals surface area contributed by atoms with Gasteiger partial charge in [-0.15, -0.1) is 0 Å². The zero-order chi connectivity index (χ0) is 29.8. The Balaban J connectivity index is 0.000000850. The van der Waals surface area contributed by atoms with Crippen molar-refractivity contribution in [2.75, 3.05) is 59.6 Å². The van der Waals surface area contributed by atoms with Crippen molar-refractivity contribution in [3.63, 3.8) is 0 Å². The quantitative estimate of drug-likeness (QED) is 0.209. The number of methoxy groups -OCH3 is 1. The average molecular weight is 645 g/mol. The fourth-order valence-electron chi connectivity index (χ4n) is 4.37. The van der Waals surface area contributed by atoms with Crippen LogP contribution in [0.25, 0.3) is 0 Å². The van der Waals surface area contributed by atoms with Crippen molar-refractivity contribution in [3.05, 3.63) is 53.6 Å². The molecular weight excluding hydrogens is 612 g/mol. The fraction of sp³-hybridized carbons (Fsp3) is 0.444. The van der Waals surface area contributed by atoms with Gasteiger partial charge in [-0.1, -0.05) is 30.3 Å². The molecule has 0 aromatic heterocycles. The highest BCUT2D eigenvalue weighted by molar-refractivity contribution is 8.24. The van der Waals surface area contributed by atoms with Crippen molar-refractivity contribution >= 4 is 56.5 Å². The van der Waals surface area contributed by atoms with E-state index in [0.717, 1.165) is 24.4 Å². The first-order valence-electron chi connectivity index (χ1n) is 13.0. The number of carbonyl (C=O) groups excluding carboxylic acids is 1. The maximum absolute atomic E-state index is 12.9. The van der Waals surface area contributed by atoms with Crippen LogP contribution in [0, 0.1) is 11.3 Å². The molecule has 2 saturated heterocycles. The Morgan fingerprint density at radius 2 is 1.61 bits per heavy atom. The van der Waals surface area contributed by atoms with E-state index in [-0.39, 0.29) is 6.03 Å². The third kappa shape index (κ3) is 10.9. The smallest absolute Gasteiger partial charge is 0.339 e. The number of amidine groups is 1. The van der Waals surface area contributed by atoms with E-state index in [1.54, 1.807) is 19.2 Å². The molecule has 2 aliphatic rings. The molecule has 0 bridgehead atoms. The van der Waals surface area contributed by atoms with E-state index in [0.29, 0.717) is 75.3 Å². The van der Waals surface area contributed by atoms with Crippen LogP contribution in [-0.4, -0.2) is 86.2 Å². The van der Waals surface area contributed by atoms with E-state index in [1.807, 2.05) is 47.1 Å². The molecule has 0 atom stereocenters. The third-order valence-corrected chi connectivity index (χ3v) is 6.43. The van der Waals surface area contributed by atoms with E-state index in [9.17, 15) is 14.6 Å². The van der Waals surface area contributed by atoms with Crippen LogP contribution in [0.3, 0.4) is 0 Å². The Kier molecular flexibility index (Phi) is 12.9. The lowest BCUT2D eigenvalue weighted by Crippen LogP contribution is -2.49. The molecule has 2 fully saturated rings. The van der Waals surface area contributed by atoms with Crippen molar-refractivity contribution in [1.82, 2.24) is 14.7 Å². The molecule has 2 amide bonds. The number of aliphatic imine (C=N–C) groups is 1. The maximum Gasteiger partial charge on any atom is 0.339 e. The Labute approximate surface area is 255 Å². The van der Waals surface area contributed by atoms with Gasteiger partial charge in [0, 0.05) is 51.4 Å². The highest BCUT2D eigenvalue weighted by atomic mass is 36.0. The van der Waals surface area contributed by atoms with Crippen molar-refractivity contribution in [1.29, 1.82) is 5.26 Å². The molecule has 2 aromatic carbocycles. The molecule has 14 heteroatoms. The highest BCUT2D eigenvalue weighted by Gasteiger charge is 2.25. The predicted octanol–water partition coefficient (Wildman–Crippen LogP) is 6.47. The van der Waals surface area contributed by atoms with E-state index in [1.165, 1.54) is 0 Å². The van der Waals surface area contributed by atoms with Gasteiger partial charge in [-0.3, -0.25) is 4.57 Å². The first-order chi connectivity index (χ1) is 19.6. The summed E-state index contributed by atoms with van der Waals surface area (Å²) in [6.07, 6.45) is 0.851. The number of ether oxygens (including phenoxy) is 3. The second kappa shape index (κ2) is 16.1. The van der Waals surface area contributed by atoms with Crippen LogP contribution in [0.2, 0.25) is 0 Å². The summed E-state index contributed by atoms with van der Waals surface area (Å²) in [5.74, 6) is 1.82. The zero-order valence-corrected chi connectivity index (χ0v) is 26.1. The Morgan fingerprint density at radius 1 is 1.00 bits per heavy atom. The lowest BCUT2D eigenvalue weighted by molar-refractivity contribution is 0.0437. The number of urea groups is 1. The van der Waals surface area contributed by atoms with Gasteiger partial charge in [0.2, 0.25) is 0 Å². The van der Waals surface area contributed by atoms with Gasteiger partial charge in [0.1, 0.15) is 18.5 Å². The van der Waals surface area contributed by atoms with Crippen molar-refractivity contribution in [2.45, 2.75) is 20.0 Å². The summed E-state index contributed by atoms with van der Waals surface area (Å²) in [5.41, 5.74) is 1.97. The Morgan fingerprint density at radius 3 is 2.24 bits per heavy atom. The van der Waals surface area contributed by atoms with E-state index < -0.39 is 5.20 Å². The van der Waals surface area contributed by atoms with Gasteiger partial charge in [0.25, 0.3) is 0 Å². The maximum atomic E-state index is 12.9. The number of morpholine rings is 1. The molecule has 2 aliphatic heterocycles. The first-order valence-corrected chi connectivity index (χ1v) is 17.4.